The van der Waals surface area contributed by atoms with Crippen LogP contribution in [0.1, 0.15) is 31.4 Å². The molecule has 2 rings (SSSR count). The van der Waals surface area contributed by atoms with Crippen molar-refractivity contribution in [2.75, 3.05) is 20.2 Å². The molecule has 120 valence electrons. The summed E-state index contributed by atoms with van der Waals surface area (Å²) in [6.45, 7) is 2.84. The van der Waals surface area contributed by atoms with E-state index in [4.69, 9.17) is 4.74 Å². The number of nitrogens with one attached hydrogen (secondary N) is 1. The second-order valence-electron chi connectivity index (χ2n) is 5.49. The first-order valence-corrected chi connectivity index (χ1v) is 7.35. The molecule has 1 aliphatic heterocycles. The van der Waals surface area contributed by atoms with Crippen molar-refractivity contribution in [3.05, 3.63) is 35.6 Å². The van der Waals surface area contributed by atoms with E-state index in [1.807, 2.05) is 4.90 Å². The second kappa shape index (κ2) is 7.35. The Morgan fingerprint density at radius 3 is 2.36 bits per heavy atom. The third-order valence-corrected chi connectivity index (χ3v) is 3.91. The van der Waals surface area contributed by atoms with Gasteiger partial charge in [0.05, 0.1) is 7.11 Å². The molecule has 0 bridgehead atoms. The third-order valence-electron chi connectivity index (χ3n) is 3.91. The molecule has 0 aliphatic carbocycles. The lowest BCUT2D eigenvalue weighted by atomic mass is 9.99. The summed E-state index contributed by atoms with van der Waals surface area (Å²) in [5, 5.41) is 2.90. The quantitative estimate of drug-likeness (QED) is 0.859. The Balaban J connectivity index is 2.09. The summed E-state index contributed by atoms with van der Waals surface area (Å²) in [7, 11) is 1.35. The van der Waals surface area contributed by atoms with Gasteiger partial charge in [0.2, 0.25) is 5.91 Å². The molecule has 1 aromatic carbocycles. The van der Waals surface area contributed by atoms with Crippen molar-refractivity contribution in [3.8, 4) is 0 Å². The molecule has 5 nitrogen and oxygen atoms in total. The van der Waals surface area contributed by atoms with E-state index in [2.05, 4.69) is 5.32 Å². The minimum Gasteiger partial charge on any atom is -0.468 e. The van der Waals surface area contributed by atoms with Crippen LogP contribution in [0.25, 0.3) is 0 Å². The topological polar surface area (TPSA) is 58.6 Å². The van der Waals surface area contributed by atoms with Crippen LogP contribution in [0.4, 0.5) is 4.39 Å². The highest BCUT2D eigenvalue weighted by atomic mass is 19.1. The number of nitrogens with zero attached hydrogens (tertiary/aromatic N) is 1. The van der Waals surface area contributed by atoms with Crippen molar-refractivity contribution in [2.24, 2.45) is 0 Å². The van der Waals surface area contributed by atoms with Gasteiger partial charge >= 0.3 is 5.97 Å². The zero-order valence-corrected chi connectivity index (χ0v) is 12.8. The van der Waals surface area contributed by atoms with Gasteiger partial charge in [-0.3, -0.25) is 9.69 Å². The predicted octanol–water partition coefficient (Wildman–Crippen LogP) is 1.64. The van der Waals surface area contributed by atoms with Gasteiger partial charge in [0.15, 0.2) is 0 Å². The zero-order valence-electron chi connectivity index (χ0n) is 12.8. The van der Waals surface area contributed by atoms with E-state index in [9.17, 15) is 14.0 Å². The van der Waals surface area contributed by atoms with Gasteiger partial charge in [-0.1, -0.05) is 12.1 Å². The van der Waals surface area contributed by atoms with Crippen LogP contribution < -0.4 is 5.32 Å². The Morgan fingerprint density at radius 1 is 1.27 bits per heavy atom. The largest absolute Gasteiger partial charge is 0.468 e. The number of carbonyl (C=O) groups excluding carboxylic acids is 2. The smallest absolute Gasteiger partial charge is 0.327 e. The fourth-order valence-electron chi connectivity index (χ4n) is 2.84. The summed E-state index contributed by atoms with van der Waals surface area (Å²) in [4.78, 5) is 25.2. The number of ether oxygens (including phenoxy) is 1. The molecule has 0 radical (unpaired) electrons. The van der Waals surface area contributed by atoms with Crippen LogP contribution in [0.2, 0.25) is 0 Å². The fraction of sp³-hybridized carbons (Fsp3) is 0.500. The molecule has 1 saturated heterocycles. The van der Waals surface area contributed by atoms with Crippen LogP contribution in [0.5, 0.6) is 0 Å². The van der Waals surface area contributed by atoms with E-state index in [1.54, 1.807) is 12.1 Å². The minimum absolute atomic E-state index is 0.0403. The van der Waals surface area contributed by atoms with E-state index >= 15 is 0 Å². The van der Waals surface area contributed by atoms with E-state index in [1.165, 1.54) is 26.2 Å². The molecule has 1 amide bonds. The fourth-order valence-corrected chi connectivity index (χ4v) is 2.84. The zero-order chi connectivity index (χ0) is 16.1. The van der Waals surface area contributed by atoms with Crippen LogP contribution in [0, 0.1) is 5.82 Å². The van der Waals surface area contributed by atoms with Gasteiger partial charge in [-0.05, 0) is 30.5 Å². The van der Waals surface area contributed by atoms with E-state index < -0.39 is 6.04 Å². The molecule has 0 saturated carbocycles. The van der Waals surface area contributed by atoms with Gasteiger partial charge in [-0.2, -0.15) is 0 Å². The Kier molecular flexibility index (Phi) is 5.49. The molecule has 1 aliphatic rings. The lowest BCUT2D eigenvalue weighted by molar-refractivity contribution is -0.148. The summed E-state index contributed by atoms with van der Waals surface area (Å²) in [6, 6.07) is 5.50. The molecular weight excluding hydrogens is 287 g/mol. The molecular formula is C16H21FN2O3. The highest BCUT2D eigenvalue weighted by Gasteiger charge is 2.32. The minimum atomic E-state index is -0.538. The molecule has 6 heteroatoms. The number of benzene rings is 1. The first-order chi connectivity index (χ1) is 10.5. The number of rotatable bonds is 4. The van der Waals surface area contributed by atoms with Crippen LogP contribution in [-0.2, 0) is 14.3 Å². The maximum atomic E-state index is 13.1. The van der Waals surface area contributed by atoms with Gasteiger partial charge in [-0.25, -0.2) is 9.18 Å². The Bertz CT molecular complexity index is 525. The van der Waals surface area contributed by atoms with E-state index in [0.717, 1.165) is 12.8 Å². The van der Waals surface area contributed by atoms with Crippen LogP contribution in [0.3, 0.4) is 0 Å². The van der Waals surface area contributed by atoms with Crippen molar-refractivity contribution in [1.82, 2.24) is 10.2 Å². The van der Waals surface area contributed by atoms with Crippen molar-refractivity contribution in [1.29, 1.82) is 0 Å². The summed E-state index contributed by atoms with van der Waals surface area (Å²) in [5.41, 5.74) is 0.714. The summed E-state index contributed by atoms with van der Waals surface area (Å²) < 4.78 is 18.0. The average Bonchev–Trinajstić information content (AvgIpc) is 2.50. The number of esters is 1. The standard InChI is InChI=1S/C16H21FN2O3/c1-11(20)18-14-7-9-19(10-8-14)15(16(21)22-2)12-3-5-13(17)6-4-12/h3-6,14-15H,7-10H2,1-2H3,(H,18,20). The Labute approximate surface area is 129 Å². The second-order valence-corrected chi connectivity index (χ2v) is 5.49. The molecule has 0 aromatic heterocycles. The normalized spacial score (nSPS) is 17.8. The first-order valence-electron chi connectivity index (χ1n) is 7.35. The van der Waals surface area contributed by atoms with Crippen LogP contribution >= 0.6 is 0 Å². The highest BCUT2D eigenvalue weighted by molar-refractivity contribution is 5.77. The SMILES string of the molecule is COC(=O)C(c1ccc(F)cc1)N1CCC(NC(C)=O)CC1. The molecule has 1 aromatic rings. The molecule has 0 spiro atoms. The van der Waals surface area contributed by atoms with Gasteiger partial charge in [0, 0.05) is 26.1 Å². The molecule has 22 heavy (non-hydrogen) atoms. The number of halogens is 1. The molecule has 1 heterocycles. The van der Waals surface area contributed by atoms with Crippen molar-refractivity contribution < 1.29 is 18.7 Å². The van der Waals surface area contributed by atoms with E-state index in [0.29, 0.717) is 18.7 Å². The maximum absolute atomic E-state index is 13.1. The summed E-state index contributed by atoms with van der Waals surface area (Å²) in [5.74, 6) is -0.734. The maximum Gasteiger partial charge on any atom is 0.327 e. The Morgan fingerprint density at radius 2 is 1.86 bits per heavy atom. The number of amides is 1. The number of hydrogen-bond acceptors (Lipinski definition) is 4. The predicted molar refractivity (Wildman–Crippen MR) is 79.6 cm³/mol. The molecule has 1 N–H and O–H groups in total. The monoisotopic (exact) mass is 308 g/mol. The number of piperidine rings is 1. The van der Waals surface area contributed by atoms with Crippen molar-refractivity contribution in [2.45, 2.75) is 31.8 Å². The van der Waals surface area contributed by atoms with Gasteiger partial charge in [0.25, 0.3) is 0 Å². The highest BCUT2D eigenvalue weighted by Crippen LogP contribution is 2.26. The number of hydrogen-bond donors (Lipinski definition) is 1. The molecule has 1 fully saturated rings. The van der Waals surface area contributed by atoms with Gasteiger partial charge in [-0.15, -0.1) is 0 Å². The number of methoxy groups -OCH3 is 1. The lowest BCUT2D eigenvalue weighted by Gasteiger charge is -2.36. The van der Waals surface area contributed by atoms with Gasteiger partial charge < -0.3 is 10.1 Å². The van der Waals surface area contributed by atoms with Crippen LogP contribution in [-0.4, -0.2) is 43.0 Å². The summed E-state index contributed by atoms with van der Waals surface area (Å²) in [6.07, 6.45) is 1.54. The number of carbonyl (C=O) groups is 2. The average molecular weight is 308 g/mol. The summed E-state index contributed by atoms with van der Waals surface area (Å²) >= 11 is 0. The van der Waals surface area contributed by atoms with Gasteiger partial charge in [0.1, 0.15) is 11.9 Å². The first kappa shape index (κ1) is 16.4. The van der Waals surface area contributed by atoms with E-state index in [-0.39, 0.29) is 23.7 Å². The number of likely N-dealkylation sites (tertiary alicyclic amines) is 1. The lowest BCUT2D eigenvalue weighted by Crippen LogP contribution is -2.46. The van der Waals surface area contributed by atoms with Crippen molar-refractivity contribution in [3.63, 3.8) is 0 Å². The molecule has 1 atom stereocenters. The van der Waals surface area contributed by atoms with Crippen LogP contribution in [0.15, 0.2) is 24.3 Å². The Hall–Kier alpha value is -1.95. The molecule has 1 unspecified atom stereocenters. The third kappa shape index (κ3) is 4.04. The van der Waals surface area contributed by atoms with Crippen molar-refractivity contribution >= 4 is 11.9 Å².